The van der Waals surface area contributed by atoms with E-state index < -0.39 is 41.9 Å². The van der Waals surface area contributed by atoms with Crippen molar-refractivity contribution in [1.29, 1.82) is 0 Å². The monoisotopic (exact) mass is 807 g/mol. The molecule has 0 aliphatic rings. The minimum Gasteiger partial charge on any atom is -0.361 e. The van der Waals surface area contributed by atoms with Crippen molar-refractivity contribution in [2.45, 2.75) is 76.2 Å². The van der Waals surface area contributed by atoms with Crippen molar-refractivity contribution in [3.63, 3.8) is 0 Å². The fraction of sp³-hybridized carbons (Fsp3) is 0.333. The third-order valence-corrected chi connectivity index (χ3v) is 9.78. The summed E-state index contributed by atoms with van der Waals surface area (Å²) >= 11 is 5.39. The second kappa shape index (κ2) is 22.6. The lowest BCUT2D eigenvalue weighted by molar-refractivity contribution is -0.133. The Labute approximate surface area is 343 Å². The molecule has 5 aromatic rings. The summed E-state index contributed by atoms with van der Waals surface area (Å²) in [5, 5.41) is 16.2. The number of nitrogens with two attached hydrogens (primary N) is 1. The first-order valence-corrected chi connectivity index (χ1v) is 19.8. The number of fused-ring (bicyclic) bond motifs is 1. The van der Waals surface area contributed by atoms with E-state index in [-0.39, 0.29) is 25.3 Å². The molecule has 0 fully saturated rings. The number of imidazole rings is 1. The molecule has 0 aliphatic heterocycles. The zero-order valence-corrected chi connectivity index (χ0v) is 33.4. The summed E-state index contributed by atoms with van der Waals surface area (Å²) in [6, 6.07) is 23.7. The van der Waals surface area contributed by atoms with Gasteiger partial charge in [-0.2, -0.15) is 0 Å². The molecule has 0 saturated carbocycles. The Morgan fingerprint density at radius 3 is 2.09 bits per heavy atom. The predicted octanol–water partition coefficient (Wildman–Crippen LogP) is 2.18. The van der Waals surface area contributed by atoms with Crippen molar-refractivity contribution < 1.29 is 19.2 Å². The van der Waals surface area contributed by atoms with E-state index in [4.69, 9.17) is 18.0 Å². The molecule has 3 aromatic carbocycles. The van der Waals surface area contributed by atoms with Gasteiger partial charge in [0.05, 0.1) is 6.33 Å². The molecular weight excluding hydrogens is 755 g/mol. The first-order chi connectivity index (χ1) is 28.2. The number of carbonyl (C=O) groups is 4. The van der Waals surface area contributed by atoms with Gasteiger partial charge in [-0.15, -0.1) is 0 Å². The van der Waals surface area contributed by atoms with Crippen LogP contribution in [-0.4, -0.2) is 80.9 Å². The Morgan fingerprint density at radius 1 is 0.741 bits per heavy atom. The topological polar surface area (TPSA) is 223 Å². The molecule has 16 heteroatoms. The van der Waals surface area contributed by atoms with Gasteiger partial charge in [-0.1, -0.05) is 78.9 Å². The molecule has 2 aromatic heterocycles. The van der Waals surface area contributed by atoms with E-state index in [1.165, 1.54) is 13.3 Å². The molecule has 306 valence electrons. The van der Waals surface area contributed by atoms with Crippen molar-refractivity contribution in [3.8, 4) is 0 Å². The van der Waals surface area contributed by atoms with Crippen LogP contribution in [0.1, 0.15) is 48.6 Å². The maximum absolute atomic E-state index is 14.2. The van der Waals surface area contributed by atoms with Crippen LogP contribution in [-0.2, 0) is 45.0 Å². The minimum atomic E-state index is -1.07. The first kappa shape index (κ1) is 43.0. The number of para-hydroxylation sites is 1. The Morgan fingerprint density at radius 2 is 1.40 bits per heavy atom. The molecule has 4 amide bonds. The fourth-order valence-electron chi connectivity index (χ4n) is 6.53. The van der Waals surface area contributed by atoms with Crippen molar-refractivity contribution in [3.05, 3.63) is 126 Å². The SMILES string of the molecule is CC(=O)N[C@@H](Cc1cnc[nH]1)C(=O)N[C@H](Cc1ccccc1)C(=O)N[C@@H](CCCCNNC(=S)NCc1ccccc1)C(=O)N[C@H](CN)Cc1c[nH]c2ccccc12. The number of thiocarbonyl (C=S) groups is 1. The number of amides is 4. The van der Waals surface area contributed by atoms with Gasteiger partial charge in [0.15, 0.2) is 5.11 Å². The van der Waals surface area contributed by atoms with Crippen LogP contribution in [0, 0.1) is 0 Å². The Kier molecular flexibility index (Phi) is 16.8. The molecular formula is C42H53N11O4S. The summed E-state index contributed by atoms with van der Waals surface area (Å²) in [4.78, 5) is 64.3. The fourth-order valence-corrected chi connectivity index (χ4v) is 6.68. The number of hydrogen-bond acceptors (Lipinski definition) is 8. The molecule has 0 bridgehead atoms. The molecule has 5 rings (SSSR count). The highest BCUT2D eigenvalue weighted by Gasteiger charge is 2.30. The van der Waals surface area contributed by atoms with Gasteiger partial charge >= 0.3 is 0 Å². The standard InChI is InChI=1S/C42H53N11O4S/c1-28(54)49-38(22-33-26-44-27-47-33)41(57)52-37(20-29-12-4-2-5-13-29)40(56)51-36(18-10-11-19-48-53-42(58)46-24-30-14-6-3-7-15-30)39(55)50-32(23-43)21-31-25-45-35-17-9-8-16-34(31)35/h2-9,12-17,25-27,32,36-38,45,48H,10-11,18-24,43H2,1H3,(H,44,47)(H,49,54)(H,50,55)(H,51,56)(H,52,57)(H2,46,53,58)/t32-,36-,37+,38-/m0/s1. The van der Waals surface area contributed by atoms with Gasteiger partial charge in [0.25, 0.3) is 0 Å². The van der Waals surface area contributed by atoms with Crippen LogP contribution in [0.5, 0.6) is 0 Å². The molecule has 58 heavy (non-hydrogen) atoms. The van der Waals surface area contributed by atoms with Crippen molar-refractivity contribution >= 4 is 51.9 Å². The van der Waals surface area contributed by atoms with E-state index in [1.807, 2.05) is 91.1 Å². The average molecular weight is 808 g/mol. The lowest BCUT2D eigenvalue weighted by Crippen LogP contribution is -2.58. The second-order valence-corrected chi connectivity index (χ2v) is 14.5. The van der Waals surface area contributed by atoms with Gasteiger partial charge in [-0.05, 0) is 60.7 Å². The van der Waals surface area contributed by atoms with Gasteiger partial charge in [-0.25, -0.2) is 10.4 Å². The average Bonchev–Trinajstić information content (AvgIpc) is 3.90. The Bertz CT molecular complexity index is 2060. The van der Waals surface area contributed by atoms with Gasteiger partial charge in [0.1, 0.15) is 18.1 Å². The summed E-state index contributed by atoms with van der Waals surface area (Å²) in [6.07, 6.45) is 7.24. The van der Waals surface area contributed by atoms with E-state index in [0.717, 1.165) is 27.6 Å². The molecule has 0 aliphatic carbocycles. The van der Waals surface area contributed by atoms with E-state index in [9.17, 15) is 19.2 Å². The molecule has 0 radical (unpaired) electrons. The number of aromatic nitrogens is 3. The maximum Gasteiger partial charge on any atom is 0.243 e. The lowest BCUT2D eigenvalue weighted by atomic mass is 10.0. The van der Waals surface area contributed by atoms with Crippen LogP contribution < -0.4 is 43.2 Å². The highest BCUT2D eigenvalue weighted by Crippen LogP contribution is 2.19. The van der Waals surface area contributed by atoms with E-state index >= 15 is 0 Å². The van der Waals surface area contributed by atoms with Gasteiger partial charge in [0.2, 0.25) is 23.6 Å². The summed E-state index contributed by atoms with van der Waals surface area (Å²) in [6.45, 7) is 2.61. The molecule has 0 spiro atoms. The van der Waals surface area contributed by atoms with E-state index in [1.54, 1.807) is 6.20 Å². The number of hydrazine groups is 1. The minimum absolute atomic E-state index is 0.129. The largest absolute Gasteiger partial charge is 0.361 e. The molecule has 0 saturated heterocycles. The molecule has 0 unspecified atom stereocenters. The number of benzene rings is 3. The lowest BCUT2D eigenvalue weighted by Gasteiger charge is -2.26. The number of nitrogens with one attached hydrogen (secondary N) is 9. The van der Waals surface area contributed by atoms with Gasteiger partial charge in [-0.3, -0.25) is 24.6 Å². The predicted molar refractivity (Wildman–Crippen MR) is 228 cm³/mol. The Balaban J connectivity index is 1.26. The van der Waals surface area contributed by atoms with Crippen LogP contribution in [0.25, 0.3) is 10.9 Å². The van der Waals surface area contributed by atoms with Crippen molar-refractivity contribution in [1.82, 2.24) is 52.4 Å². The Hall–Kier alpha value is -6.10. The quantitative estimate of drug-likeness (QED) is 0.0279. The number of H-pyrrole nitrogens is 2. The molecule has 2 heterocycles. The van der Waals surface area contributed by atoms with Crippen molar-refractivity contribution in [2.75, 3.05) is 13.1 Å². The zero-order chi connectivity index (χ0) is 41.1. The first-order valence-electron chi connectivity index (χ1n) is 19.4. The summed E-state index contributed by atoms with van der Waals surface area (Å²) in [5.74, 6) is -1.90. The highest BCUT2D eigenvalue weighted by atomic mass is 32.1. The van der Waals surface area contributed by atoms with Crippen LogP contribution in [0.15, 0.2) is 104 Å². The normalized spacial score (nSPS) is 13.1. The summed E-state index contributed by atoms with van der Waals surface area (Å²) < 4.78 is 0. The van der Waals surface area contributed by atoms with E-state index in [2.05, 4.69) is 52.4 Å². The van der Waals surface area contributed by atoms with Gasteiger partial charge < -0.3 is 42.3 Å². The molecule has 15 nitrogen and oxygen atoms in total. The van der Waals surface area contributed by atoms with E-state index in [0.29, 0.717) is 49.6 Å². The van der Waals surface area contributed by atoms with Gasteiger partial charge in [0, 0.05) is 74.4 Å². The zero-order valence-electron chi connectivity index (χ0n) is 32.6. The van der Waals surface area contributed by atoms with Crippen LogP contribution in [0.2, 0.25) is 0 Å². The third-order valence-electron chi connectivity index (χ3n) is 9.54. The highest BCUT2D eigenvalue weighted by molar-refractivity contribution is 7.80. The maximum atomic E-state index is 14.2. The smallest absolute Gasteiger partial charge is 0.243 e. The summed E-state index contributed by atoms with van der Waals surface area (Å²) in [7, 11) is 0. The number of aromatic amines is 2. The number of nitrogens with zero attached hydrogens (tertiary/aromatic N) is 1. The third kappa shape index (κ3) is 13.8. The molecule has 4 atom stereocenters. The summed E-state index contributed by atoms with van der Waals surface area (Å²) in [5.41, 5.74) is 16.8. The number of hydrogen-bond donors (Lipinski definition) is 10. The second-order valence-electron chi connectivity index (χ2n) is 14.1. The van der Waals surface area contributed by atoms with Crippen LogP contribution >= 0.6 is 12.2 Å². The number of unbranched alkanes of at least 4 members (excludes halogenated alkanes) is 1. The number of rotatable bonds is 22. The van der Waals surface area contributed by atoms with Crippen LogP contribution in [0.3, 0.4) is 0 Å². The molecule has 11 N–H and O–H groups in total. The number of carbonyl (C=O) groups excluding carboxylic acids is 4. The van der Waals surface area contributed by atoms with Crippen molar-refractivity contribution in [2.24, 2.45) is 5.73 Å². The van der Waals surface area contributed by atoms with Crippen LogP contribution in [0.4, 0.5) is 0 Å².